The van der Waals surface area contributed by atoms with E-state index in [0.29, 0.717) is 11.5 Å². The van der Waals surface area contributed by atoms with Crippen LogP contribution in [0.1, 0.15) is 23.6 Å². The van der Waals surface area contributed by atoms with E-state index in [-0.39, 0.29) is 0 Å². The molecule has 0 N–H and O–H groups in total. The lowest BCUT2D eigenvalue weighted by Gasteiger charge is -2.19. The smallest absolute Gasteiger partial charge is 0.160 e. The third kappa shape index (κ3) is 7.64. The summed E-state index contributed by atoms with van der Waals surface area (Å²) < 4.78 is 0. The standard InChI is InChI=1S/C77H50N2/c1-48(65-45-70-67(61-38-20-18-36-59(61)65)42-53-30-12-15-33-56(53)74(70)50-24-6-3-7-25-50)78-77(73-47-72-69(63-40-22-23-41-64(63)73)44-55-32-14-17-35-58(55)76(72)52-28-10-5-11-29-52)79-49(2)66-46-71-68(62-39-21-19-37-60(62)66)43-54-31-13-16-34-57(54)75(71)51-26-8-4-9-27-51/h3-47H,1H2,2H3. The fourth-order valence-corrected chi connectivity index (χ4v) is 12.8. The average molecular weight is 1000 g/mol. The molecule has 0 bridgehead atoms. The molecule has 0 spiro atoms. The maximum Gasteiger partial charge on any atom is 0.160 e. The van der Waals surface area contributed by atoms with Crippen LogP contribution in [-0.2, 0) is 0 Å². The maximum absolute atomic E-state index is 5.88. The molecule has 0 atom stereocenters. The van der Waals surface area contributed by atoms with Crippen molar-refractivity contribution >= 4 is 114 Å². The van der Waals surface area contributed by atoms with E-state index in [1.54, 1.807) is 0 Å². The quantitative estimate of drug-likeness (QED) is 0.0658. The number of hydrogen-bond donors (Lipinski definition) is 0. The molecule has 15 rings (SSSR count). The lowest BCUT2D eigenvalue weighted by molar-refractivity contribution is 1.47. The highest BCUT2D eigenvalue weighted by molar-refractivity contribution is 6.30. The molecular formula is C77H50N2. The summed E-state index contributed by atoms with van der Waals surface area (Å²) in [6.07, 6.45) is 0. The lowest BCUT2D eigenvalue weighted by atomic mass is 9.87. The summed E-state index contributed by atoms with van der Waals surface area (Å²) in [6.45, 7) is 7.11. The number of aliphatic imine (C=N–C) groups is 2. The number of rotatable bonds is 7. The summed E-state index contributed by atoms with van der Waals surface area (Å²) in [7, 11) is 0. The molecule has 79 heavy (non-hydrogen) atoms. The SMILES string of the molecule is C=C(N=C(N=C(C)c1cc2c(-c3ccccc3)c3ccccc3cc2c2ccccc12)c1cc2c(-c3ccccc3)c3ccccc3cc2c2ccccc12)c1cc2c(-c3ccccc3)c3ccccc3cc2c2ccccc12. The van der Waals surface area contributed by atoms with Crippen LogP contribution in [-0.4, -0.2) is 11.5 Å². The summed E-state index contributed by atoms with van der Waals surface area (Å²) >= 11 is 0. The van der Waals surface area contributed by atoms with Crippen molar-refractivity contribution in [2.45, 2.75) is 6.92 Å². The van der Waals surface area contributed by atoms with Crippen LogP contribution in [0.5, 0.6) is 0 Å². The molecule has 0 saturated carbocycles. The zero-order valence-corrected chi connectivity index (χ0v) is 43.6. The third-order valence-electron chi connectivity index (χ3n) is 16.3. The molecule has 0 fully saturated rings. The van der Waals surface area contributed by atoms with Crippen LogP contribution < -0.4 is 0 Å². The number of fused-ring (bicyclic) bond motifs is 12. The van der Waals surface area contributed by atoms with Gasteiger partial charge >= 0.3 is 0 Å². The fourth-order valence-electron chi connectivity index (χ4n) is 12.8. The van der Waals surface area contributed by atoms with Gasteiger partial charge in [-0.15, -0.1) is 0 Å². The summed E-state index contributed by atoms with van der Waals surface area (Å²) in [4.78, 5) is 11.7. The minimum atomic E-state index is 0.588. The molecule has 0 heterocycles. The van der Waals surface area contributed by atoms with Gasteiger partial charge in [0.05, 0.1) is 5.70 Å². The van der Waals surface area contributed by atoms with Crippen molar-refractivity contribution in [3.05, 3.63) is 296 Å². The van der Waals surface area contributed by atoms with Crippen LogP contribution in [0.25, 0.3) is 136 Å². The van der Waals surface area contributed by atoms with Gasteiger partial charge in [-0.3, -0.25) is 0 Å². The van der Waals surface area contributed by atoms with Gasteiger partial charge in [-0.05, 0) is 174 Å². The van der Waals surface area contributed by atoms with E-state index in [1.165, 1.54) is 81.5 Å². The Kier molecular flexibility index (Phi) is 10.9. The third-order valence-corrected chi connectivity index (χ3v) is 16.3. The monoisotopic (exact) mass is 1000 g/mol. The van der Waals surface area contributed by atoms with Gasteiger partial charge in [-0.2, -0.15) is 0 Å². The van der Waals surface area contributed by atoms with Crippen molar-refractivity contribution in [3.63, 3.8) is 0 Å². The molecule has 0 aliphatic rings. The highest BCUT2D eigenvalue weighted by atomic mass is 14.9. The van der Waals surface area contributed by atoms with E-state index in [1.807, 2.05) is 0 Å². The largest absolute Gasteiger partial charge is 0.233 e. The molecular weight excluding hydrogens is 953 g/mol. The van der Waals surface area contributed by atoms with Gasteiger partial charge in [0.2, 0.25) is 0 Å². The molecule has 0 radical (unpaired) electrons. The Morgan fingerprint density at radius 3 is 0.937 bits per heavy atom. The molecule has 0 amide bonds. The van der Waals surface area contributed by atoms with Crippen molar-refractivity contribution in [1.29, 1.82) is 0 Å². The minimum absolute atomic E-state index is 0.588. The molecule has 0 aliphatic heterocycles. The summed E-state index contributed by atoms with van der Waals surface area (Å²) in [5.41, 5.74) is 11.5. The highest BCUT2D eigenvalue weighted by Crippen LogP contribution is 2.45. The molecule has 0 aromatic heterocycles. The van der Waals surface area contributed by atoms with E-state index in [0.717, 1.165) is 71.2 Å². The average Bonchev–Trinajstić information content (AvgIpc) is 3.56. The second-order valence-electron chi connectivity index (χ2n) is 20.8. The van der Waals surface area contributed by atoms with Crippen molar-refractivity contribution in [2.24, 2.45) is 9.98 Å². The zero-order valence-electron chi connectivity index (χ0n) is 43.6. The van der Waals surface area contributed by atoms with Gasteiger partial charge < -0.3 is 0 Å². The number of amidine groups is 1. The summed E-state index contributed by atoms with van der Waals surface area (Å²) in [6, 6.07) is 99.1. The van der Waals surface area contributed by atoms with E-state index < -0.39 is 0 Å². The van der Waals surface area contributed by atoms with Gasteiger partial charge in [0.1, 0.15) is 0 Å². The van der Waals surface area contributed by atoms with Gasteiger partial charge in [0.25, 0.3) is 0 Å². The molecule has 0 saturated heterocycles. The van der Waals surface area contributed by atoms with Crippen LogP contribution in [0.15, 0.2) is 290 Å². The molecule has 15 aromatic rings. The number of nitrogens with zero attached hydrogens (tertiary/aromatic N) is 2. The van der Waals surface area contributed by atoms with Gasteiger partial charge in [-0.25, -0.2) is 9.98 Å². The second-order valence-corrected chi connectivity index (χ2v) is 20.8. The van der Waals surface area contributed by atoms with E-state index >= 15 is 0 Å². The number of benzene rings is 15. The van der Waals surface area contributed by atoms with Crippen LogP contribution >= 0.6 is 0 Å². The molecule has 0 aliphatic carbocycles. The number of hydrogen-bond acceptors (Lipinski definition) is 1. The maximum atomic E-state index is 5.88. The van der Waals surface area contributed by atoms with E-state index in [9.17, 15) is 0 Å². The Balaban J connectivity index is 1.05. The van der Waals surface area contributed by atoms with E-state index in [2.05, 4.69) is 280 Å². The van der Waals surface area contributed by atoms with Crippen molar-refractivity contribution in [2.75, 3.05) is 0 Å². The minimum Gasteiger partial charge on any atom is -0.233 e. The first-order chi connectivity index (χ1) is 39.0. The summed E-state index contributed by atoms with van der Waals surface area (Å²) in [5.74, 6) is 0.588. The first-order valence-electron chi connectivity index (χ1n) is 27.2. The molecule has 15 aromatic carbocycles. The van der Waals surface area contributed by atoms with Crippen LogP contribution in [0.2, 0.25) is 0 Å². The van der Waals surface area contributed by atoms with Gasteiger partial charge in [0.15, 0.2) is 5.84 Å². The Bertz CT molecular complexity index is 5070. The van der Waals surface area contributed by atoms with Crippen molar-refractivity contribution in [3.8, 4) is 33.4 Å². The van der Waals surface area contributed by atoms with Gasteiger partial charge in [-0.1, -0.05) is 243 Å². The fraction of sp³-hybridized carbons (Fsp3) is 0.0130. The van der Waals surface area contributed by atoms with Crippen LogP contribution in [0.4, 0.5) is 0 Å². The summed E-state index contributed by atoms with van der Waals surface area (Å²) in [5, 5.41) is 21.0. The predicted molar refractivity (Wildman–Crippen MR) is 341 cm³/mol. The second kappa shape index (κ2) is 18.8. The lowest BCUT2D eigenvalue weighted by Crippen LogP contribution is -2.07. The van der Waals surface area contributed by atoms with Crippen molar-refractivity contribution < 1.29 is 0 Å². The Hall–Kier alpha value is -10.3. The highest BCUT2D eigenvalue weighted by Gasteiger charge is 2.22. The first-order valence-corrected chi connectivity index (χ1v) is 27.2. The topological polar surface area (TPSA) is 24.7 Å². The molecule has 0 unspecified atom stereocenters. The van der Waals surface area contributed by atoms with Gasteiger partial charge in [0, 0.05) is 22.4 Å². The van der Waals surface area contributed by atoms with Crippen molar-refractivity contribution in [1.82, 2.24) is 0 Å². The van der Waals surface area contributed by atoms with Crippen LogP contribution in [0, 0.1) is 0 Å². The van der Waals surface area contributed by atoms with E-state index in [4.69, 9.17) is 16.6 Å². The Labute approximate surface area is 458 Å². The molecule has 368 valence electrons. The molecule has 2 heteroatoms. The molecule has 2 nitrogen and oxygen atoms in total. The Morgan fingerprint density at radius 1 is 0.253 bits per heavy atom. The zero-order chi connectivity index (χ0) is 52.6. The first kappa shape index (κ1) is 46.1. The predicted octanol–water partition coefficient (Wildman–Crippen LogP) is 21.0. The normalized spacial score (nSPS) is 12.3. The van der Waals surface area contributed by atoms with Crippen LogP contribution in [0.3, 0.4) is 0 Å². The Morgan fingerprint density at radius 2 is 0.544 bits per heavy atom.